The molecule has 154 valence electrons. The number of furan rings is 1. The molecule has 9 nitrogen and oxygen atoms in total. The topological polar surface area (TPSA) is 116 Å². The summed E-state index contributed by atoms with van der Waals surface area (Å²) in [7, 11) is 2.95. The molecule has 0 aliphatic heterocycles. The molecule has 2 aromatic carbocycles. The van der Waals surface area contributed by atoms with E-state index in [1.807, 2.05) is 0 Å². The summed E-state index contributed by atoms with van der Waals surface area (Å²) in [5.41, 5.74) is 3.29. The molecule has 0 fully saturated rings. The third kappa shape index (κ3) is 4.76. The largest absolute Gasteiger partial charge is 0.496 e. The average Bonchev–Trinajstić information content (AvgIpc) is 3.22. The molecule has 1 amide bonds. The lowest BCUT2D eigenvalue weighted by Gasteiger charge is -2.06. The van der Waals surface area contributed by atoms with Gasteiger partial charge in [-0.15, -0.1) is 0 Å². The van der Waals surface area contributed by atoms with E-state index in [9.17, 15) is 14.9 Å². The number of carbonyl (C=O) groups excluding carboxylic acids is 1. The first-order valence-corrected chi connectivity index (χ1v) is 9.60. The molecule has 0 saturated carbocycles. The van der Waals surface area contributed by atoms with Gasteiger partial charge >= 0.3 is 0 Å². The zero-order valence-corrected chi connectivity index (χ0v) is 18.1. The molecule has 0 aliphatic carbocycles. The van der Waals surface area contributed by atoms with E-state index in [0.717, 1.165) is 3.57 Å². The number of nitrogens with zero attached hydrogens (tertiary/aromatic N) is 2. The standard InChI is InChI=1S/C20H16IN3O6/c1-28-18-10-13(24(26)27)4-6-15(18)17-8-5-14(30-17)11-22-23-20(25)12-3-7-16(21)19(9-12)29-2/h3-11H,1-2H3,(H,23,25)/b22-11-. The molecule has 10 heteroatoms. The van der Waals surface area contributed by atoms with Crippen LogP contribution in [0.5, 0.6) is 11.5 Å². The van der Waals surface area contributed by atoms with E-state index in [1.54, 1.807) is 36.4 Å². The van der Waals surface area contributed by atoms with Crippen molar-refractivity contribution in [3.63, 3.8) is 0 Å². The number of methoxy groups -OCH3 is 2. The van der Waals surface area contributed by atoms with Crippen molar-refractivity contribution in [2.45, 2.75) is 0 Å². The number of halogens is 1. The summed E-state index contributed by atoms with van der Waals surface area (Å²) in [6.45, 7) is 0. The molecule has 1 heterocycles. The van der Waals surface area contributed by atoms with Crippen molar-refractivity contribution in [3.8, 4) is 22.8 Å². The zero-order valence-electron chi connectivity index (χ0n) is 15.9. The van der Waals surface area contributed by atoms with Gasteiger partial charge in [-0.3, -0.25) is 14.9 Å². The van der Waals surface area contributed by atoms with Crippen molar-refractivity contribution in [3.05, 3.63) is 73.5 Å². The lowest BCUT2D eigenvalue weighted by Crippen LogP contribution is -2.17. The highest BCUT2D eigenvalue weighted by Gasteiger charge is 2.15. The van der Waals surface area contributed by atoms with E-state index in [4.69, 9.17) is 13.9 Å². The second-order valence-corrected chi connectivity index (χ2v) is 7.05. The first-order valence-electron chi connectivity index (χ1n) is 8.52. The van der Waals surface area contributed by atoms with Gasteiger partial charge in [0.05, 0.1) is 40.6 Å². The van der Waals surface area contributed by atoms with Crippen LogP contribution in [0.2, 0.25) is 0 Å². The quantitative estimate of drug-likeness (QED) is 0.215. The van der Waals surface area contributed by atoms with E-state index < -0.39 is 10.8 Å². The van der Waals surface area contributed by atoms with E-state index in [1.165, 1.54) is 32.6 Å². The normalized spacial score (nSPS) is 10.8. The van der Waals surface area contributed by atoms with Crippen molar-refractivity contribution in [2.24, 2.45) is 5.10 Å². The van der Waals surface area contributed by atoms with Crippen molar-refractivity contribution in [2.75, 3.05) is 14.2 Å². The van der Waals surface area contributed by atoms with Crippen molar-refractivity contribution in [1.29, 1.82) is 0 Å². The summed E-state index contributed by atoms with van der Waals surface area (Å²) in [6.07, 6.45) is 1.35. The molecule has 3 aromatic rings. The fourth-order valence-corrected chi connectivity index (χ4v) is 3.14. The summed E-state index contributed by atoms with van der Waals surface area (Å²) in [4.78, 5) is 22.6. The molecule has 0 atom stereocenters. The minimum absolute atomic E-state index is 0.0844. The van der Waals surface area contributed by atoms with Crippen LogP contribution >= 0.6 is 22.6 Å². The Morgan fingerprint density at radius 1 is 1.13 bits per heavy atom. The monoisotopic (exact) mass is 521 g/mol. The van der Waals surface area contributed by atoms with Crippen molar-refractivity contribution in [1.82, 2.24) is 5.43 Å². The lowest BCUT2D eigenvalue weighted by molar-refractivity contribution is -0.384. The van der Waals surface area contributed by atoms with Crippen LogP contribution in [0.4, 0.5) is 5.69 Å². The fourth-order valence-electron chi connectivity index (χ4n) is 2.58. The van der Waals surface area contributed by atoms with Gasteiger partial charge in [-0.25, -0.2) is 5.43 Å². The summed E-state index contributed by atoms with van der Waals surface area (Å²) in [5.74, 6) is 1.33. The Hall–Kier alpha value is -3.41. The highest BCUT2D eigenvalue weighted by Crippen LogP contribution is 2.34. The maximum absolute atomic E-state index is 12.2. The van der Waals surface area contributed by atoms with E-state index in [2.05, 4.69) is 33.1 Å². The maximum atomic E-state index is 12.2. The minimum atomic E-state index is -0.502. The molecule has 0 bridgehead atoms. The van der Waals surface area contributed by atoms with E-state index >= 15 is 0 Å². The number of non-ortho nitro benzene ring substituents is 1. The molecule has 0 aliphatic rings. The van der Waals surface area contributed by atoms with Gasteiger partial charge in [-0.05, 0) is 59.0 Å². The van der Waals surface area contributed by atoms with Crippen molar-refractivity contribution < 1.29 is 23.6 Å². The summed E-state index contributed by atoms with van der Waals surface area (Å²) in [6, 6.07) is 12.6. The summed E-state index contributed by atoms with van der Waals surface area (Å²) in [5, 5.41) is 14.8. The predicted octanol–water partition coefficient (Wildman–Crippen LogP) is 4.24. The Morgan fingerprint density at radius 2 is 1.90 bits per heavy atom. The number of nitrogens with one attached hydrogen (secondary N) is 1. The Morgan fingerprint density at radius 3 is 2.60 bits per heavy atom. The van der Waals surface area contributed by atoms with Crippen LogP contribution in [-0.2, 0) is 0 Å². The van der Waals surface area contributed by atoms with E-state index in [0.29, 0.717) is 34.1 Å². The molecule has 0 radical (unpaired) electrons. The van der Waals surface area contributed by atoms with Gasteiger partial charge in [0, 0.05) is 11.6 Å². The Labute approximate surface area is 185 Å². The Balaban J connectivity index is 1.72. The third-order valence-corrected chi connectivity index (χ3v) is 4.95. The molecule has 0 saturated heterocycles. The Bertz CT molecular complexity index is 1130. The van der Waals surface area contributed by atoms with Gasteiger partial charge in [0.15, 0.2) is 0 Å². The summed E-state index contributed by atoms with van der Waals surface area (Å²) < 4.78 is 17.0. The molecule has 0 unspecified atom stereocenters. The molecule has 3 rings (SSSR count). The van der Waals surface area contributed by atoms with Crippen LogP contribution in [0.25, 0.3) is 11.3 Å². The number of nitro benzene ring substituents is 1. The first-order chi connectivity index (χ1) is 14.4. The average molecular weight is 521 g/mol. The van der Waals surface area contributed by atoms with Crippen LogP contribution in [0, 0.1) is 13.7 Å². The highest BCUT2D eigenvalue weighted by molar-refractivity contribution is 14.1. The van der Waals surface area contributed by atoms with Gasteiger partial charge in [-0.1, -0.05) is 0 Å². The number of benzene rings is 2. The molecular formula is C20H16IN3O6. The van der Waals surface area contributed by atoms with Crippen LogP contribution < -0.4 is 14.9 Å². The maximum Gasteiger partial charge on any atom is 0.273 e. The fraction of sp³-hybridized carbons (Fsp3) is 0.100. The minimum Gasteiger partial charge on any atom is -0.496 e. The van der Waals surface area contributed by atoms with Crippen LogP contribution in [0.15, 0.2) is 58.0 Å². The third-order valence-electron chi connectivity index (χ3n) is 4.06. The first kappa shape index (κ1) is 21.3. The van der Waals surface area contributed by atoms with Crippen molar-refractivity contribution >= 4 is 40.4 Å². The Kier molecular flexibility index (Phi) is 6.67. The number of rotatable bonds is 7. The van der Waals surface area contributed by atoms with E-state index in [-0.39, 0.29) is 5.69 Å². The predicted molar refractivity (Wildman–Crippen MR) is 118 cm³/mol. The summed E-state index contributed by atoms with van der Waals surface area (Å²) >= 11 is 2.11. The number of amides is 1. The SMILES string of the molecule is COc1cc(C(=O)N/N=C\c2ccc(-c3ccc([N+](=O)[O-])cc3OC)o2)ccc1I. The number of carbonyl (C=O) groups is 1. The smallest absolute Gasteiger partial charge is 0.273 e. The van der Waals surface area contributed by atoms with Crippen LogP contribution in [0.1, 0.15) is 16.1 Å². The van der Waals surface area contributed by atoms with Crippen LogP contribution in [-0.4, -0.2) is 31.3 Å². The van der Waals surface area contributed by atoms with Gasteiger partial charge in [-0.2, -0.15) is 5.10 Å². The van der Waals surface area contributed by atoms with Gasteiger partial charge in [0.1, 0.15) is 23.0 Å². The molecule has 1 aromatic heterocycles. The lowest BCUT2D eigenvalue weighted by atomic mass is 10.1. The number of hydrogen-bond donors (Lipinski definition) is 1. The number of hydrazone groups is 1. The van der Waals surface area contributed by atoms with Gasteiger partial charge in [0.25, 0.3) is 11.6 Å². The molecular weight excluding hydrogens is 505 g/mol. The van der Waals surface area contributed by atoms with Gasteiger partial charge in [0.2, 0.25) is 0 Å². The second-order valence-electron chi connectivity index (χ2n) is 5.89. The molecule has 0 spiro atoms. The zero-order chi connectivity index (χ0) is 21.7. The number of hydrogen-bond acceptors (Lipinski definition) is 7. The number of ether oxygens (including phenoxy) is 2. The van der Waals surface area contributed by atoms with Gasteiger partial charge < -0.3 is 13.9 Å². The van der Waals surface area contributed by atoms with Crippen LogP contribution in [0.3, 0.4) is 0 Å². The molecule has 30 heavy (non-hydrogen) atoms. The highest BCUT2D eigenvalue weighted by atomic mass is 127. The second kappa shape index (κ2) is 9.39. The molecule has 1 N–H and O–H groups in total. The number of nitro groups is 1.